The molecule has 0 saturated carbocycles. The number of furan rings is 1. The van der Waals surface area contributed by atoms with Gasteiger partial charge in [-0.3, -0.25) is 9.59 Å². The fraction of sp³-hybridized carbons (Fsp3) is 0.304. The summed E-state index contributed by atoms with van der Waals surface area (Å²) in [5.41, 5.74) is 1.94. The van der Waals surface area contributed by atoms with Crippen LogP contribution in [0.4, 0.5) is 0 Å². The van der Waals surface area contributed by atoms with Crippen LogP contribution in [0.5, 0.6) is 5.75 Å². The number of hydrogen-bond acceptors (Lipinski definition) is 4. The molecule has 1 N–H and O–H groups in total. The van der Waals surface area contributed by atoms with E-state index in [0.29, 0.717) is 39.3 Å². The first-order valence-corrected chi connectivity index (χ1v) is 10.0. The summed E-state index contributed by atoms with van der Waals surface area (Å²) in [5, 5.41) is 4.07. The Labute approximate surface area is 174 Å². The van der Waals surface area contributed by atoms with Crippen molar-refractivity contribution < 1.29 is 18.7 Å². The lowest BCUT2D eigenvalue weighted by molar-refractivity contribution is 0.0503. The van der Waals surface area contributed by atoms with E-state index in [-0.39, 0.29) is 24.0 Å². The van der Waals surface area contributed by atoms with Crippen LogP contribution in [0.15, 0.2) is 40.8 Å². The number of benzene rings is 2. The van der Waals surface area contributed by atoms with Gasteiger partial charge >= 0.3 is 0 Å². The van der Waals surface area contributed by atoms with Gasteiger partial charge in [-0.25, -0.2) is 0 Å². The molecule has 0 fully saturated rings. The smallest absolute Gasteiger partial charge is 0.287 e. The predicted octanol–water partition coefficient (Wildman–Crippen LogP) is 5.46. The van der Waals surface area contributed by atoms with Gasteiger partial charge in [0.25, 0.3) is 5.91 Å². The fourth-order valence-corrected chi connectivity index (χ4v) is 3.93. The Hall–Kier alpha value is -2.79. The van der Waals surface area contributed by atoms with Crippen LogP contribution in [0.3, 0.4) is 0 Å². The molecule has 0 radical (unpaired) electrons. The van der Waals surface area contributed by atoms with Crippen molar-refractivity contribution >= 4 is 34.3 Å². The predicted molar refractivity (Wildman–Crippen MR) is 112 cm³/mol. The molecule has 1 aliphatic heterocycles. The van der Waals surface area contributed by atoms with Gasteiger partial charge in [0.1, 0.15) is 16.9 Å². The van der Waals surface area contributed by atoms with E-state index in [1.54, 1.807) is 25.1 Å². The minimum atomic E-state index is -0.509. The van der Waals surface area contributed by atoms with Gasteiger partial charge in [-0.1, -0.05) is 36.7 Å². The van der Waals surface area contributed by atoms with Gasteiger partial charge < -0.3 is 14.5 Å². The van der Waals surface area contributed by atoms with Crippen molar-refractivity contribution in [3.63, 3.8) is 0 Å². The Morgan fingerprint density at radius 2 is 2.00 bits per heavy atom. The van der Waals surface area contributed by atoms with Crippen LogP contribution in [-0.2, 0) is 6.54 Å². The molecule has 0 aliphatic carbocycles. The molecule has 3 aromatic rings. The SMILES string of the molecule is CCC1(C)CC(=O)c2c(ccc3oc(C(=O)NCc4ccccc4Cl)c(C)c23)O1. The van der Waals surface area contributed by atoms with Gasteiger partial charge in [-0.05, 0) is 44.0 Å². The summed E-state index contributed by atoms with van der Waals surface area (Å²) in [6, 6.07) is 10.8. The molecule has 1 atom stereocenters. The first-order chi connectivity index (χ1) is 13.8. The molecule has 1 aromatic heterocycles. The Morgan fingerprint density at radius 3 is 2.72 bits per heavy atom. The number of ketones is 1. The zero-order valence-electron chi connectivity index (χ0n) is 16.6. The lowest BCUT2D eigenvalue weighted by Gasteiger charge is -2.34. The summed E-state index contributed by atoms with van der Waals surface area (Å²) < 4.78 is 11.9. The average molecular weight is 412 g/mol. The molecule has 1 unspecified atom stereocenters. The Kier molecular flexibility index (Phi) is 4.87. The number of halogens is 1. The fourth-order valence-electron chi connectivity index (χ4n) is 3.72. The van der Waals surface area contributed by atoms with E-state index < -0.39 is 5.60 Å². The van der Waals surface area contributed by atoms with E-state index in [9.17, 15) is 9.59 Å². The van der Waals surface area contributed by atoms with Crippen molar-refractivity contribution in [3.8, 4) is 5.75 Å². The summed E-state index contributed by atoms with van der Waals surface area (Å²) in [5.74, 6) is 0.394. The number of ether oxygens (including phenoxy) is 1. The second-order valence-corrected chi connectivity index (χ2v) is 8.05. The highest BCUT2D eigenvalue weighted by molar-refractivity contribution is 6.31. The summed E-state index contributed by atoms with van der Waals surface area (Å²) in [4.78, 5) is 25.7. The topological polar surface area (TPSA) is 68.5 Å². The number of Topliss-reactive ketones (excluding diaryl/α,β-unsaturated/α-hetero) is 1. The normalized spacial score (nSPS) is 18.4. The van der Waals surface area contributed by atoms with E-state index in [4.69, 9.17) is 20.8 Å². The molecule has 5 nitrogen and oxygen atoms in total. The zero-order valence-corrected chi connectivity index (χ0v) is 17.4. The molecule has 0 bridgehead atoms. The lowest BCUT2D eigenvalue weighted by Crippen LogP contribution is -2.38. The number of carbonyl (C=O) groups is 2. The Balaban J connectivity index is 1.68. The molecular formula is C23H22ClNO4. The third-order valence-corrected chi connectivity index (χ3v) is 5.95. The van der Waals surface area contributed by atoms with Crippen molar-refractivity contribution in [1.29, 1.82) is 0 Å². The maximum absolute atomic E-state index is 12.9. The minimum absolute atomic E-state index is 0.00752. The number of nitrogens with one attached hydrogen (secondary N) is 1. The van der Waals surface area contributed by atoms with Crippen LogP contribution < -0.4 is 10.1 Å². The maximum atomic E-state index is 12.9. The molecule has 4 rings (SSSR count). The summed E-state index contributed by atoms with van der Waals surface area (Å²) in [7, 11) is 0. The quantitative estimate of drug-likeness (QED) is 0.619. The van der Waals surface area contributed by atoms with Crippen LogP contribution >= 0.6 is 11.6 Å². The molecule has 29 heavy (non-hydrogen) atoms. The van der Waals surface area contributed by atoms with Crippen molar-refractivity contribution in [2.75, 3.05) is 0 Å². The lowest BCUT2D eigenvalue weighted by atomic mass is 9.87. The number of amides is 1. The largest absolute Gasteiger partial charge is 0.486 e. The van der Waals surface area contributed by atoms with Gasteiger partial charge in [-0.15, -0.1) is 0 Å². The first-order valence-electron chi connectivity index (χ1n) is 9.63. The van der Waals surface area contributed by atoms with Crippen molar-refractivity contribution in [2.24, 2.45) is 0 Å². The number of aryl methyl sites for hydroxylation is 1. The molecule has 0 spiro atoms. The number of fused-ring (bicyclic) bond motifs is 3. The van der Waals surface area contributed by atoms with Gasteiger partial charge in [0.15, 0.2) is 11.5 Å². The van der Waals surface area contributed by atoms with Gasteiger partial charge in [0.05, 0.1) is 12.0 Å². The molecule has 6 heteroatoms. The van der Waals surface area contributed by atoms with E-state index in [0.717, 1.165) is 12.0 Å². The number of hydrogen-bond donors (Lipinski definition) is 1. The standard InChI is InChI=1S/C23H22ClNO4/c1-4-23(3)11-16(26)20-18(29-23)10-9-17-19(20)13(2)21(28-17)22(27)25-12-14-7-5-6-8-15(14)24/h5-10H,4,11-12H2,1-3H3,(H,25,27). The van der Waals surface area contributed by atoms with Crippen molar-refractivity contribution in [2.45, 2.75) is 45.8 Å². The molecule has 150 valence electrons. The van der Waals surface area contributed by atoms with Crippen LogP contribution in [0, 0.1) is 6.92 Å². The van der Waals surface area contributed by atoms with Crippen LogP contribution in [0.25, 0.3) is 11.0 Å². The summed E-state index contributed by atoms with van der Waals surface area (Å²) in [6.07, 6.45) is 1.03. The number of rotatable bonds is 4. The van der Waals surface area contributed by atoms with Crippen molar-refractivity contribution in [1.82, 2.24) is 5.32 Å². The highest BCUT2D eigenvalue weighted by Crippen LogP contribution is 2.41. The molecular weight excluding hydrogens is 390 g/mol. The van der Waals surface area contributed by atoms with Gasteiger partial charge in [0.2, 0.25) is 0 Å². The third-order valence-electron chi connectivity index (χ3n) is 5.58. The highest BCUT2D eigenvalue weighted by atomic mass is 35.5. The Morgan fingerprint density at radius 1 is 1.24 bits per heavy atom. The van der Waals surface area contributed by atoms with E-state index in [2.05, 4.69) is 5.32 Å². The van der Waals surface area contributed by atoms with E-state index in [1.807, 2.05) is 32.0 Å². The molecule has 2 heterocycles. The minimum Gasteiger partial charge on any atom is -0.486 e. The summed E-state index contributed by atoms with van der Waals surface area (Å²) in [6.45, 7) is 6.01. The van der Waals surface area contributed by atoms with E-state index >= 15 is 0 Å². The molecule has 2 aromatic carbocycles. The molecule has 1 amide bonds. The molecule has 1 aliphatic rings. The second-order valence-electron chi connectivity index (χ2n) is 7.65. The monoisotopic (exact) mass is 411 g/mol. The first kappa shape index (κ1) is 19.5. The maximum Gasteiger partial charge on any atom is 0.287 e. The van der Waals surface area contributed by atoms with Crippen LogP contribution in [0.2, 0.25) is 5.02 Å². The number of carbonyl (C=O) groups excluding carboxylic acids is 2. The molecule has 0 saturated heterocycles. The third kappa shape index (κ3) is 3.40. The second kappa shape index (κ2) is 7.23. The Bertz CT molecular complexity index is 1130. The van der Waals surface area contributed by atoms with E-state index in [1.165, 1.54) is 0 Å². The van der Waals surface area contributed by atoms with Crippen LogP contribution in [0.1, 0.15) is 58.7 Å². The van der Waals surface area contributed by atoms with Crippen molar-refractivity contribution in [3.05, 3.63) is 63.9 Å². The average Bonchev–Trinajstić information content (AvgIpc) is 3.03. The van der Waals surface area contributed by atoms with Gasteiger partial charge in [0, 0.05) is 22.5 Å². The van der Waals surface area contributed by atoms with Crippen LogP contribution in [-0.4, -0.2) is 17.3 Å². The highest BCUT2D eigenvalue weighted by Gasteiger charge is 2.37. The summed E-state index contributed by atoms with van der Waals surface area (Å²) >= 11 is 6.15. The van der Waals surface area contributed by atoms with Gasteiger partial charge in [-0.2, -0.15) is 0 Å². The zero-order chi connectivity index (χ0) is 20.8.